The highest BCUT2D eigenvalue weighted by atomic mass is 19.4. The molecule has 0 aliphatic rings. The number of aromatic nitrogens is 3. The van der Waals surface area contributed by atoms with Crippen LogP contribution < -0.4 is 5.32 Å². The first-order valence-corrected chi connectivity index (χ1v) is 8.51. The van der Waals surface area contributed by atoms with Gasteiger partial charge in [0.05, 0.1) is 11.3 Å². The summed E-state index contributed by atoms with van der Waals surface area (Å²) in [5, 5.41) is 7.03. The van der Waals surface area contributed by atoms with E-state index >= 15 is 0 Å². The van der Waals surface area contributed by atoms with E-state index in [1.54, 1.807) is 39.2 Å². The van der Waals surface area contributed by atoms with Gasteiger partial charge in [0.15, 0.2) is 5.65 Å². The van der Waals surface area contributed by atoms with Crippen molar-refractivity contribution >= 4 is 11.7 Å². The third-order valence-electron chi connectivity index (χ3n) is 3.77. The van der Waals surface area contributed by atoms with Crippen molar-refractivity contribution in [3.05, 3.63) is 53.9 Å². The van der Waals surface area contributed by atoms with Crippen LogP contribution in [0.1, 0.15) is 31.9 Å². The summed E-state index contributed by atoms with van der Waals surface area (Å²) in [5.74, 6) is 0. The van der Waals surface area contributed by atoms with Crippen molar-refractivity contribution in [3.8, 4) is 11.3 Å². The molecule has 0 spiro atoms. The molecule has 0 unspecified atom stereocenters. The number of nitrogens with zero attached hydrogens (tertiary/aromatic N) is 3. The molecule has 0 atom stereocenters. The molecule has 3 rings (SSSR count). The largest absolute Gasteiger partial charge is 0.444 e. The van der Waals surface area contributed by atoms with E-state index in [4.69, 9.17) is 4.74 Å². The van der Waals surface area contributed by atoms with Crippen LogP contribution in [0.2, 0.25) is 0 Å². The predicted molar refractivity (Wildman–Crippen MR) is 96.5 cm³/mol. The number of hydrogen-bond donors (Lipinski definition) is 1. The van der Waals surface area contributed by atoms with Crippen LogP contribution in [0, 0.1) is 0 Å². The molecular weight excluding hydrogens is 373 g/mol. The summed E-state index contributed by atoms with van der Waals surface area (Å²) in [6, 6.07) is 6.42. The Labute approximate surface area is 159 Å². The van der Waals surface area contributed by atoms with Gasteiger partial charge in [-0.2, -0.15) is 18.3 Å². The number of alkyl carbamates (subject to hydrolysis) is 1. The number of carbonyl (C=O) groups excluding carboxylic acids is 1. The zero-order valence-corrected chi connectivity index (χ0v) is 15.5. The molecule has 2 aromatic heterocycles. The van der Waals surface area contributed by atoms with Gasteiger partial charge in [-0.25, -0.2) is 14.3 Å². The minimum Gasteiger partial charge on any atom is -0.444 e. The van der Waals surface area contributed by atoms with Crippen LogP contribution in [0.25, 0.3) is 16.9 Å². The Hall–Kier alpha value is -3.10. The van der Waals surface area contributed by atoms with E-state index in [-0.39, 0.29) is 6.54 Å². The van der Waals surface area contributed by atoms with Crippen molar-refractivity contribution in [2.45, 2.75) is 39.1 Å². The van der Waals surface area contributed by atoms with E-state index < -0.39 is 23.4 Å². The molecule has 3 aromatic rings. The molecule has 148 valence electrons. The highest BCUT2D eigenvalue weighted by molar-refractivity contribution is 5.69. The van der Waals surface area contributed by atoms with Gasteiger partial charge in [0.25, 0.3) is 0 Å². The molecule has 0 saturated carbocycles. The van der Waals surface area contributed by atoms with Crippen LogP contribution in [-0.4, -0.2) is 26.3 Å². The lowest BCUT2D eigenvalue weighted by molar-refractivity contribution is -0.137. The molecule has 0 aliphatic heterocycles. The second kappa shape index (κ2) is 7.14. The number of carbonyl (C=O) groups is 1. The van der Waals surface area contributed by atoms with Crippen molar-refractivity contribution in [2.75, 3.05) is 0 Å². The zero-order valence-electron chi connectivity index (χ0n) is 15.5. The minimum absolute atomic E-state index is 0.131. The summed E-state index contributed by atoms with van der Waals surface area (Å²) >= 11 is 0. The Balaban J connectivity index is 1.88. The van der Waals surface area contributed by atoms with Crippen LogP contribution in [0.5, 0.6) is 0 Å². The maximum atomic E-state index is 12.8. The molecule has 0 radical (unpaired) electrons. The summed E-state index contributed by atoms with van der Waals surface area (Å²) in [4.78, 5) is 16.1. The standard InChI is InChI=1S/C19H19F3N4O2/c1-18(2,3)28-17(27)24-11-13-10-15(25-26-9-8-23-16(13)26)12-4-6-14(7-5-12)19(20,21)22/h4-10H,11H2,1-3H3,(H,24,27). The SMILES string of the molecule is CC(C)(C)OC(=O)NCc1cc(-c2ccc(C(F)(F)F)cc2)nn2ccnc12. The molecule has 1 aromatic carbocycles. The molecule has 0 fully saturated rings. The van der Waals surface area contributed by atoms with E-state index in [1.807, 2.05) is 0 Å². The number of alkyl halides is 3. The van der Waals surface area contributed by atoms with Gasteiger partial charge in [-0.15, -0.1) is 0 Å². The van der Waals surface area contributed by atoms with Crippen molar-refractivity contribution in [1.29, 1.82) is 0 Å². The Morgan fingerprint density at radius 3 is 2.46 bits per heavy atom. The molecule has 6 nitrogen and oxygen atoms in total. The van der Waals surface area contributed by atoms with Crippen LogP contribution in [0.4, 0.5) is 18.0 Å². The number of hydrogen-bond acceptors (Lipinski definition) is 4. The number of ether oxygens (including phenoxy) is 1. The van der Waals surface area contributed by atoms with E-state index in [2.05, 4.69) is 15.4 Å². The zero-order chi connectivity index (χ0) is 20.5. The molecule has 1 N–H and O–H groups in total. The summed E-state index contributed by atoms with van der Waals surface area (Å²) in [5.41, 5.74) is 0.803. The lowest BCUT2D eigenvalue weighted by Gasteiger charge is -2.19. The maximum absolute atomic E-state index is 12.8. The minimum atomic E-state index is -4.40. The van der Waals surface area contributed by atoms with E-state index in [0.717, 1.165) is 12.1 Å². The van der Waals surface area contributed by atoms with Gasteiger partial charge in [-0.3, -0.25) is 0 Å². The summed E-state index contributed by atoms with van der Waals surface area (Å²) in [6.45, 7) is 5.41. The molecule has 28 heavy (non-hydrogen) atoms. The summed E-state index contributed by atoms with van der Waals surface area (Å²) in [6.07, 6.45) is -1.80. The Morgan fingerprint density at radius 2 is 1.86 bits per heavy atom. The van der Waals surface area contributed by atoms with Crippen LogP contribution >= 0.6 is 0 Å². The monoisotopic (exact) mass is 392 g/mol. The van der Waals surface area contributed by atoms with Crippen molar-refractivity contribution in [3.63, 3.8) is 0 Å². The average Bonchev–Trinajstić information content (AvgIpc) is 3.06. The highest BCUT2D eigenvalue weighted by Gasteiger charge is 2.30. The average molecular weight is 392 g/mol. The summed E-state index contributed by atoms with van der Waals surface area (Å²) < 4.78 is 45.0. The van der Waals surface area contributed by atoms with Crippen molar-refractivity contribution in [1.82, 2.24) is 19.9 Å². The molecule has 0 aliphatic carbocycles. The second-order valence-electron chi connectivity index (χ2n) is 7.18. The smallest absolute Gasteiger partial charge is 0.416 e. The van der Waals surface area contributed by atoms with E-state index in [1.165, 1.54) is 16.6 Å². The molecular formula is C19H19F3N4O2. The quantitative estimate of drug-likeness (QED) is 0.716. The first kappa shape index (κ1) is 19.7. The van der Waals surface area contributed by atoms with E-state index in [0.29, 0.717) is 22.5 Å². The Bertz CT molecular complexity index is 989. The number of fused-ring (bicyclic) bond motifs is 1. The molecule has 2 heterocycles. The van der Waals surface area contributed by atoms with Gasteiger partial charge in [-0.05, 0) is 39.0 Å². The molecule has 0 bridgehead atoms. The van der Waals surface area contributed by atoms with Crippen LogP contribution in [0.15, 0.2) is 42.7 Å². The summed E-state index contributed by atoms with van der Waals surface area (Å²) in [7, 11) is 0. The van der Waals surface area contributed by atoms with Gasteiger partial charge in [0.1, 0.15) is 5.60 Å². The normalized spacial score (nSPS) is 12.2. The number of halogens is 3. The van der Waals surface area contributed by atoms with Crippen molar-refractivity contribution in [2.24, 2.45) is 0 Å². The number of amides is 1. The van der Waals surface area contributed by atoms with Gasteiger partial charge >= 0.3 is 12.3 Å². The first-order chi connectivity index (χ1) is 13.0. The number of rotatable bonds is 3. The lowest BCUT2D eigenvalue weighted by atomic mass is 10.1. The van der Waals surface area contributed by atoms with Gasteiger partial charge in [-0.1, -0.05) is 12.1 Å². The van der Waals surface area contributed by atoms with Gasteiger partial charge in [0.2, 0.25) is 0 Å². The number of nitrogens with one attached hydrogen (secondary N) is 1. The predicted octanol–water partition coefficient (Wildman–Crippen LogP) is 4.44. The van der Waals surface area contributed by atoms with Crippen molar-refractivity contribution < 1.29 is 22.7 Å². The first-order valence-electron chi connectivity index (χ1n) is 8.51. The Kier molecular flexibility index (Phi) is 5.01. The molecule has 0 saturated heterocycles. The van der Waals surface area contributed by atoms with Gasteiger partial charge < -0.3 is 10.1 Å². The lowest BCUT2D eigenvalue weighted by Crippen LogP contribution is -2.32. The maximum Gasteiger partial charge on any atom is 0.416 e. The Morgan fingerprint density at radius 1 is 1.18 bits per heavy atom. The van der Waals surface area contributed by atoms with E-state index in [9.17, 15) is 18.0 Å². The highest BCUT2D eigenvalue weighted by Crippen LogP contribution is 2.31. The fraction of sp³-hybridized carbons (Fsp3) is 0.316. The number of imidazole rings is 1. The van der Waals surface area contributed by atoms with Gasteiger partial charge in [0, 0.05) is 30.1 Å². The molecule has 9 heteroatoms. The topological polar surface area (TPSA) is 68.5 Å². The fourth-order valence-electron chi connectivity index (χ4n) is 2.56. The third-order valence-corrected chi connectivity index (χ3v) is 3.77. The number of benzene rings is 1. The van der Waals surface area contributed by atoms with Crippen LogP contribution in [0.3, 0.4) is 0 Å². The second-order valence-corrected chi connectivity index (χ2v) is 7.18. The fourth-order valence-corrected chi connectivity index (χ4v) is 2.56. The van der Waals surface area contributed by atoms with Crippen LogP contribution in [-0.2, 0) is 17.5 Å². The molecule has 1 amide bonds. The third kappa shape index (κ3) is 4.59.